The molecular weight excluding hydrogens is 520 g/mol. The molecule has 0 spiro atoms. The van der Waals surface area contributed by atoms with E-state index in [9.17, 15) is 14.7 Å². The van der Waals surface area contributed by atoms with Gasteiger partial charge < -0.3 is 21.1 Å². The predicted molar refractivity (Wildman–Crippen MR) is 161 cm³/mol. The van der Waals surface area contributed by atoms with Gasteiger partial charge in [-0.15, -0.1) is 0 Å². The van der Waals surface area contributed by atoms with E-state index in [0.29, 0.717) is 37.4 Å². The highest BCUT2D eigenvalue weighted by Crippen LogP contribution is 2.46. The molecule has 0 aliphatic heterocycles. The summed E-state index contributed by atoms with van der Waals surface area (Å²) in [5.41, 5.74) is 10.5. The van der Waals surface area contributed by atoms with Crippen molar-refractivity contribution >= 4 is 29.0 Å². The number of anilines is 1. The summed E-state index contributed by atoms with van der Waals surface area (Å²) in [6.07, 6.45) is 7.70. The van der Waals surface area contributed by atoms with E-state index in [0.717, 1.165) is 53.5 Å². The molecule has 4 N–H and O–H groups in total. The van der Waals surface area contributed by atoms with Gasteiger partial charge in [0.15, 0.2) is 0 Å². The summed E-state index contributed by atoms with van der Waals surface area (Å²) in [5, 5.41) is 17.4. The minimum Gasteiger partial charge on any atom is -0.390 e. The Labute approximate surface area is 240 Å². The van der Waals surface area contributed by atoms with Crippen molar-refractivity contribution in [2.75, 3.05) is 12.4 Å². The van der Waals surface area contributed by atoms with Crippen LogP contribution in [-0.2, 0) is 15.1 Å². The summed E-state index contributed by atoms with van der Waals surface area (Å²) in [5.74, 6) is 1.03. The lowest BCUT2D eigenvalue weighted by Gasteiger charge is -2.49. The van der Waals surface area contributed by atoms with Crippen LogP contribution >= 0.6 is 11.3 Å². The molecule has 7 nitrogen and oxygen atoms in total. The van der Waals surface area contributed by atoms with Gasteiger partial charge >= 0.3 is 0 Å². The third kappa shape index (κ3) is 6.14. The molecule has 0 radical (unpaired) electrons. The van der Waals surface area contributed by atoms with Crippen molar-refractivity contribution < 1.29 is 14.7 Å². The van der Waals surface area contributed by atoms with Crippen molar-refractivity contribution in [3.05, 3.63) is 58.9 Å². The maximum Gasteiger partial charge on any atom is 0.225 e. The molecule has 2 aromatic heterocycles. The smallest absolute Gasteiger partial charge is 0.225 e. The summed E-state index contributed by atoms with van der Waals surface area (Å²) in [6.45, 7) is 3.72. The number of pyridine rings is 1. The third-order valence-corrected chi connectivity index (χ3v) is 9.38. The molecule has 0 saturated heterocycles. The Balaban J connectivity index is 1.26. The standard InChI is InChI=1S/C32H40N4O3S/c1-4-30(38)36(3)25-11-5-21(6-12-25)15-29(37)35-28-16-26(23-13-14-40-18-23)27(17-34-28)22-7-9-24(10-8-22)32(33)19-31(2,39)20-32/h7-10,13-14,16-18,21,25,39H,4-6,11-12,15,19-20,33H2,1-3H3,(H,34,35,37)/t21?,25?,31-,32-. The Bertz CT molecular complexity index is 1340. The summed E-state index contributed by atoms with van der Waals surface area (Å²) in [6, 6.07) is 12.5. The summed E-state index contributed by atoms with van der Waals surface area (Å²) in [7, 11) is 1.90. The van der Waals surface area contributed by atoms with E-state index in [4.69, 9.17) is 5.73 Å². The van der Waals surface area contributed by atoms with E-state index in [1.54, 1.807) is 11.3 Å². The zero-order valence-corrected chi connectivity index (χ0v) is 24.5. The van der Waals surface area contributed by atoms with E-state index in [2.05, 4.69) is 33.9 Å². The Morgan fingerprint density at radius 2 is 1.80 bits per heavy atom. The highest BCUT2D eigenvalue weighted by molar-refractivity contribution is 7.08. The van der Waals surface area contributed by atoms with Crippen molar-refractivity contribution in [2.24, 2.45) is 11.7 Å². The molecule has 5 rings (SSSR count). The number of carbonyl (C=O) groups is 2. The molecule has 0 atom stereocenters. The van der Waals surface area contributed by atoms with Crippen molar-refractivity contribution in [1.82, 2.24) is 9.88 Å². The number of nitrogens with one attached hydrogen (secondary N) is 1. The topological polar surface area (TPSA) is 109 Å². The first-order valence-electron chi connectivity index (χ1n) is 14.3. The minimum absolute atomic E-state index is 0.0214. The van der Waals surface area contributed by atoms with E-state index >= 15 is 0 Å². The van der Waals surface area contributed by atoms with Crippen molar-refractivity contribution in [3.63, 3.8) is 0 Å². The van der Waals surface area contributed by atoms with E-state index in [1.165, 1.54) is 0 Å². The first-order valence-corrected chi connectivity index (χ1v) is 15.2. The lowest BCUT2D eigenvalue weighted by Crippen LogP contribution is -2.58. The zero-order valence-electron chi connectivity index (χ0n) is 23.7. The second kappa shape index (κ2) is 11.4. The van der Waals surface area contributed by atoms with E-state index in [1.807, 2.05) is 55.6 Å². The van der Waals surface area contributed by atoms with Gasteiger partial charge in [0.05, 0.1) is 5.60 Å². The number of rotatable bonds is 8. The lowest BCUT2D eigenvalue weighted by atomic mass is 9.63. The van der Waals surface area contributed by atoms with Gasteiger partial charge in [-0.2, -0.15) is 11.3 Å². The Kier molecular flexibility index (Phi) is 8.13. The van der Waals surface area contributed by atoms with Crippen molar-refractivity contribution in [1.29, 1.82) is 0 Å². The van der Waals surface area contributed by atoms with Crippen LogP contribution in [0, 0.1) is 5.92 Å². The van der Waals surface area contributed by atoms with Gasteiger partial charge in [-0.05, 0) is 96.5 Å². The van der Waals surface area contributed by atoms with Gasteiger partial charge in [-0.25, -0.2) is 4.98 Å². The average molecular weight is 561 g/mol. The molecule has 1 aromatic carbocycles. The van der Waals surface area contributed by atoms with Crippen LogP contribution in [0.1, 0.15) is 70.8 Å². The Hall–Kier alpha value is -3.07. The van der Waals surface area contributed by atoms with Crippen LogP contribution in [0.5, 0.6) is 0 Å². The monoisotopic (exact) mass is 560 g/mol. The molecule has 3 aromatic rings. The van der Waals surface area contributed by atoms with Crippen LogP contribution in [-0.4, -0.2) is 45.5 Å². The fraction of sp³-hybridized carbons (Fsp3) is 0.469. The second-order valence-corrected chi connectivity index (χ2v) is 12.8. The van der Waals surface area contributed by atoms with Crippen LogP contribution in [0.3, 0.4) is 0 Å². The molecule has 2 heterocycles. The van der Waals surface area contributed by atoms with Gasteiger partial charge in [-0.1, -0.05) is 31.2 Å². The molecule has 2 aliphatic rings. The molecule has 212 valence electrons. The highest BCUT2D eigenvalue weighted by Gasteiger charge is 2.49. The first-order chi connectivity index (χ1) is 19.1. The normalized spacial score (nSPS) is 26.1. The molecule has 2 amide bonds. The number of carbonyl (C=O) groups excluding carboxylic acids is 2. The predicted octanol–water partition coefficient (Wildman–Crippen LogP) is 5.93. The van der Waals surface area contributed by atoms with Crippen LogP contribution in [0.15, 0.2) is 53.4 Å². The summed E-state index contributed by atoms with van der Waals surface area (Å²) in [4.78, 5) is 31.5. The van der Waals surface area contributed by atoms with Crippen LogP contribution in [0.4, 0.5) is 5.82 Å². The number of thiophene rings is 1. The first kappa shape index (κ1) is 28.5. The summed E-state index contributed by atoms with van der Waals surface area (Å²) >= 11 is 1.63. The Morgan fingerprint density at radius 3 is 2.40 bits per heavy atom. The van der Waals surface area contributed by atoms with E-state index < -0.39 is 11.1 Å². The molecule has 2 saturated carbocycles. The maximum absolute atomic E-state index is 13.0. The minimum atomic E-state index is -0.699. The van der Waals surface area contributed by atoms with Gasteiger partial charge in [-0.3, -0.25) is 9.59 Å². The number of aromatic nitrogens is 1. The number of hydrogen-bond donors (Lipinski definition) is 3. The molecule has 2 fully saturated rings. The highest BCUT2D eigenvalue weighted by atomic mass is 32.1. The fourth-order valence-corrected chi connectivity index (χ4v) is 7.20. The van der Waals surface area contributed by atoms with E-state index in [-0.39, 0.29) is 17.9 Å². The van der Waals surface area contributed by atoms with Gasteiger partial charge in [0.2, 0.25) is 11.8 Å². The fourth-order valence-electron chi connectivity index (χ4n) is 6.55. The molecule has 2 aliphatic carbocycles. The third-order valence-electron chi connectivity index (χ3n) is 8.70. The zero-order chi connectivity index (χ0) is 28.5. The summed E-state index contributed by atoms with van der Waals surface area (Å²) < 4.78 is 0. The quantitative estimate of drug-likeness (QED) is 0.316. The molecule has 8 heteroatoms. The number of amides is 2. The largest absolute Gasteiger partial charge is 0.390 e. The van der Waals surface area contributed by atoms with Crippen LogP contribution in [0.2, 0.25) is 0 Å². The number of aliphatic hydroxyl groups is 1. The molecule has 0 unspecified atom stereocenters. The Morgan fingerprint density at radius 1 is 1.10 bits per heavy atom. The number of hydrogen-bond acceptors (Lipinski definition) is 6. The molecule has 40 heavy (non-hydrogen) atoms. The molecule has 0 bridgehead atoms. The van der Waals surface area contributed by atoms with Gasteiger partial charge in [0.25, 0.3) is 0 Å². The SMILES string of the molecule is CCC(=O)N(C)C1CCC(CC(=O)Nc2cc(-c3ccsc3)c(-c3ccc([C@]4(N)C[C@](C)(O)C4)cc3)cn2)CC1. The van der Waals surface area contributed by atoms with Crippen molar-refractivity contribution in [3.8, 4) is 22.3 Å². The number of nitrogens with two attached hydrogens (primary N) is 1. The van der Waals surface area contributed by atoms with Crippen molar-refractivity contribution in [2.45, 2.75) is 82.4 Å². The van der Waals surface area contributed by atoms with Crippen LogP contribution in [0.25, 0.3) is 22.3 Å². The van der Waals surface area contributed by atoms with Crippen LogP contribution < -0.4 is 11.1 Å². The molecular formula is C32H40N4O3S. The number of nitrogens with zero attached hydrogens (tertiary/aromatic N) is 2. The van der Waals surface area contributed by atoms with Gasteiger partial charge in [0.1, 0.15) is 5.82 Å². The average Bonchev–Trinajstić information content (AvgIpc) is 3.46. The second-order valence-electron chi connectivity index (χ2n) is 12.0. The van der Waals surface area contributed by atoms with Gasteiger partial charge in [0, 0.05) is 43.2 Å². The lowest BCUT2D eigenvalue weighted by molar-refractivity contribution is -0.132. The number of benzene rings is 1. The maximum atomic E-state index is 13.0.